The third-order valence-electron chi connectivity index (χ3n) is 5.41. The summed E-state index contributed by atoms with van der Waals surface area (Å²) in [5, 5.41) is 11.7. The molecular formula is C21H21N2O4S-. The third-order valence-corrected chi connectivity index (χ3v) is 6.69. The minimum atomic E-state index is -1.44. The van der Waals surface area contributed by atoms with E-state index in [4.69, 9.17) is 0 Å². The monoisotopic (exact) mass is 397 g/mol. The number of rotatable bonds is 5. The highest BCUT2D eigenvalue weighted by molar-refractivity contribution is 7.18. The first-order chi connectivity index (χ1) is 13.5. The van der Waals surface area contributed by atoms with Crippen LogP contribution in [0.1, 0.15) is 29.3 Å². The van der Waals surface area contributed by atoms with Crippen molar-refractivity contribution in [2.75, 3.05) is 0 Å². The number of carboxylic acid groups (broad SMARTS) is 1. The molecule has 0 fully saturated rings. The largest absolute Gasteiger partial charge is 0.548 e. The summed E-state index contributed by atoms with van der Waals surface area (Å²) < 4.78 is 2.38. The highest BCUT2D eigenvalue weighted by atomic mass is 32.1. The fourth-order valence-corrected chi connectivity index (χ4v) is 5.47. The number of nitrogens with zero attached hydrogens (tertiary/aromatic N) is 2. The van der Waals surface area contributed by atoms with Crippen LogP contribution in [0.4, 0.5) is 0 Å². The van der Waals surface area contributed by atoms with Gasteiger partial charge in [-0.25, -0.2) is 4.79 Å². The number of hydrogen-bond acceptors (Lipinski definition) is 5. The van der Waals surface area contributed by atoms with Crippen molar-refractivity contribution in [1.29, 1.82) is 0 Å². The number of benzene rings is 1. The molecule has 146 valence electrons. The predicted octanol–water partition coefficient (Wildman–Crippen LogP) is 1.34. The summed E-state index contributed by atoms with van der Waals surface area (Å²) in [4.78, 5) is 38.9. The van der Waals surface area contributed by atoms with Crippen molar-refractivity contribution in [3.05, 3.63) is 67.2 Å². The van der Waals surface area contributed by atoms with Crippen LogP contribution in [0.25, 0.3) is 10.2 Å². The molecule has 3 aromatic rings. The van der Waals surface area contributed by atoms with E-state index in [-0.39, 0.29) is 0 Å². The average Bonchev–Trinajstić information content (AvgIpc) is 3.04. The number of fused-ring (bicyclic) bond motifs is 3. The lowest BCUT2D eigenvalue weighted by Gasteiger charge is -2.17. The molecule has 1 aliphatic rings. The van der Waals surface area contributed by atoms with Crippen molar-refractivity contribution in [3.8, 4) is 0 Å². The topological polar surface area (TPSA) is 84.1 Å². The van der Waals surface area contributed by atoms with Crippen molar-refractivity contribution in [2.24, 2.45) is 5.92 Å². The number of aromatic nitrogens is 2. The first-order valence-corrected chi connectivity index (χ1v) is 10.3. The molecule has 1 aromatic carbocycles. The molecule has 0 spiro atoms. The Hall–Kier alpha value is -2.67. The Bertz CT molecular complexity index is 1160. The van der Waals surface area contributed by atoms with Crippen molar-refractivity contribution in [3.63, 3.8) is 0 Å². The van der Waals surface area contributed by atoms with E-state index in [1.165, 1.54) is 11.3 Å². The summed E-state index contributed by atoms with van der Waals surface area (Å²) in [6.45, 7) is 1.85. The zero-order valence-electron chi connectivity index (χ0n) is 15.6. The molecule has 0 saturated carbocycles. The van der Waals surface area contributed by atoms with E-state index in [9.17, 15) is 19.5 Å². The molecule has 4 rings (SSSR count). The van der Waals surface area contributed by atoms with Crippen molar-refractivity contribution in [1.82, 2.24) is 9.13 Å². The first-order valence-electron chi connectivity index (χ1n) is 9.47. The van der Waals surface area contributed by atoms with E-state index >= 15 is 0 Å². The van der Waals surface area contributed by atoms with Gasteiger partial charge in [-0.05, 0) is 42.7 Å². The zero-order valence-corrected chi connectivity index (χ0v) is 16.5. The first kappa shape index (κ1) is 18.7. The van der Waals surface area contributed by atoms with Gasteiger partial charge in [0.05, 0.1) is 17.9 Å². The van der Waals surface area contributed by atoms with Crippen LogP contribution in [0, 0.1) is 5.92 Å². The molecule has 1 aliphatic carbocycles. The van der Waals surface area contributed by atoms with Gasteiger partial charge >= 0.3 is 5.69 Å². The predicted molar refractivity (Wildman–Crippen MR) is 107 cm³/mol. The summed E-state index contributed by atoms with van der Waals surface area (Å²) in [6.07, 6.45) is 3.29. The fraction of sp³-hybridized carbons (Fsp3) is 0.381. The molecule has 2 heterocycles. The Morgan fingerprint density at radius 2 is 1.96 bits per heavy atom. The normalized spacial score (nSPS) is 16.2. The highest BCUT2D eigenvalue weighted by Gasteiger charge is 2.25. The highest BCUT2D eigenvalue weighted by Crippen LogP contribution is 2.36. The van der Waals surface area contributed by atoms with Gasteiger partial charge in [0, 0.05) is 11.4 Å². The molecule has 2 aromatic heterocycles. The second-order valence-electron chi connectivity index (χ2n) is 7.47. The molecule has 0 N–H and O–H groups in total. The van der Waals surface area contributed by atoms with E-state index in [0.717, 1.165) is 39.8 Å². The Labute approximate surface area is 165 Å². The minimum Gasteiger partial charge on any atom is -0.548 e. The van der Waals surface area contributed by atoms with Gasteiger partial charge in [0.2, 0.25) is 0 Å². The SMILES string of the molecule is C[C@H]1CCc2c(sc3c2c(=O)n(CC(=O)[O-])c(=O)n3CCc2ccccc2)C1. The lowest BCUT2D eigenvalue weighted by molar-refractivity contribution is -0.306. The van der Waals surface area contributed by atoms with Gasteiger partial charge in [-0.1, -0.05) is 37.3 Å². The van der Waals surface area contributed by atoms with Crippen LogP contribution in [0.3, 0.4) is 0 Å². The number of carbonyl (C=O) groups is 1. The summed E-state index contributed by atoms with van der Waals surface area (Å²) in [6, 6.07) is 9.79. The second kappa shape index (κ2) is 7.39. The van der Waals surface area contributed by atoms with Gasteiger partial charge < -0.3 is 9.90 Å². The molecule has 7 heteroatoms. The number of carbonyl (C=O) groups excluding carboxylic acids is 1. The number of aliphatic carboxylic acids is 1. The number of hydrogen-bond donors (Lipinski definition) is 0. The van der Waals surface area contributed by atoms with Crippen LogP contribution in [0.5, 0.6) is 0 Å². The summed E-state index contributed by atoms with van der Waals surface area (Å²) >= 11 is 1.51. The maximum Gasteiger partial charge on any atom is 0.332 e. The molecule has 0 unspecified atom stereocenters. The Morgan fingerprint density at radius 3 is 2.68 bits per heavy atom. The van der Waals surface area contributed by atoms with Crippen LogP contribution in [0.15, 0.2) is 39.9 Å². The van der Waals surface area contributed by atoms with Gasteiger partial charge in [-0.2, -0.15) is 0 Å². The van der Waals surface area contributed by atoms with Crippen LogP contribution < -0.4 is 16.4 Å². The number of carboxylic acids is 1. The fourth-order valence-electron chi connectivity index (χ4n) is 3.95. The van der Waals surface area contributed by atoms with E-state index in [0.29, 0.717) is 29.1 Å². The van der Waals surface area contributed by atoms with Gasteiger partial charge in [-0.3, -0.25) is 13.9 Å². The van der Waals surface area contributed by atoms with Crippen LogP contribution in [-0.2, 0) is 37.1 Å². The van der Waals surface area contributed by atoms with E-state index < -0.39 is 23.8 Å². The smallest absolute Gasteiger partial charge is 0.332 e. The lowest BCUT2D eigenvalue weighted by Crippen LogP contribution is -2.44. The summed E-state index contributed by atoms with van der Waals surface area (Å²) in [5.41, 5.74) is 0.982. The molecule has 1 atom stereocenters. The third kappa shape index (κ3) is 3.30. The van der Waals surface area contributed by atoms with Crippen LogP contribution in [0.2, 0.25) is 0 Å². The maximum absolute atomic E-state index is 13.0. The maximum atomic E-state index is 13.0. The lowest BCUT2D eigenvalue weighted by atomic mass is 9.89. The van der Waals surface area contributed by atoms with Crippen LogP contribution in [-0.4, -0.2) is 15.1 Å². The van der Waals surface area contributed by atoms with Crippen molar-refractivity contribution < 1.29 is 9.90 Å². The Morgan fingerprint density at radius 1 is 1.21 bits per heavy atom. The zero-order chi connectivity index (χ0) is 19.8. The summed E-state index contributed by atoms with van der Waals surface area (Å²) in [5.74, 6) is -0.902. The van der Waals surface area contributed by atoms with E-state index in [1.807, 2.05) is 30.3 Å². The quantitative estimate of drug-likeness (QED) is 0.650. The number of aryl methyl sites for hydroxylation is 3. The van der Waals surface area contributed by atoms with E-state index in [2.05, 4.69) is 6.92 Å². The molecule has 0 radical (unpaired) electrons. The second-order valence-corrected chi connectivity index (χ2v) is 8.55. The van der Waals surface area contributed by atoms with Gasteiger partial charge in [-0.15, -0.1) is 11.3 Å². The molecule has 28 heavy (non-hydrogen) atoms. The summed E-state index contributed by atoms with van der Waals surface area (Å²) in [7, 11) is 0. The Balaban J connectivity index is 1.90. The molecule has 0 saturated heterocycles. The van der Waals surface area contributed by atoms with Crippen molar-refractivity contribution in [2.45, 2.75) is 45.7 Å². The minimum absolute atomic E-state index is 0.390. The molecule has 6 nitrogen and oxygen atoms in total. The van der Waals surface area contributed by atoms with E-state index in [1.54, 1.807) is 4.57 Å². The molecule has 0 bridgehead atoms. The van der Waals surface area contributed by atoms with Gasteiger partial charge in [0.25, 0.3) is 5.56 Å². The standard InChI is InChI=1S/C21H22N2O4S/c1-13-7-8-15-16(11-13)28-20-18(15)19(26)23(12-17(24)25)21(27)22(20)10-9-14-5-3-2-4-6-14/h2-6,13H,7-12H2,1H3,(H,24,25)/p-1/t13-/m0/s1. The Kier molecular flexibility index (Phi) is 4.93. The molecule has 0 aliphatic heterocycles. The molecular weight excluding hydrogens is 376 g/mol. The number of thiophene rings is 1. The van der Waals surface area contributed by atoms with Crippen LogP contribution >= 0.6 is 11.3 Å². The van der Waals surface area contributed by atoms with Gasteiger partial charge in [0.15, 0.2) is 0 Å². The molecule has 0 amide bonds. The van der Waals surface area contributed by atoms with Gasteiger partial charge in [0.1, 0.15) is 4.83 Å². The average molecular weight is 397 g/mol. The van der Waals surface area contributed by atoms with Crippen molar-refractivity contribution >= 4 is 27.5 Å².